The van der Waals surface area contributed by atoms with E-state index in [1.165, 1.54) is 4.31 Å². The van der Waals surface area contributed by atoms with Gasteiger partial charge in [-0.05, 0) is 43.4 Å². The number of nitrogens with zero attached hydrogens (tertiary/aromatic N) is 1. The Kier molecular flexibility index (Phi) is 6.40. The molecule has 3 N–H and O–H groups in total. The Balaban J connectivity index is 2.24. The minimum absolute atomic E-state index is 0.116. The summed E-state index contributed by atoms with van der Waals surface area (Å²) in [6.45, 7) is -0.234. The van der Waals surface area contributed by atoms with Crippen LogP contribution in [0, 0.1) is 0 Å². The van der Waals surface area contributed by atoms with Gasteiger partial charge in [-0.2, -0.15) is 13.2 Å². The number of hydrogen-bond acceptors (Lipinski definition) is 4. The maximum atomic E-state index is 12.5. The fourth-order valence-corrected chi connectivity index (χ4v) is 4.37. The maximum Gasteiger partial charge on any atom is 0.471 e. The Hall–Kier alpha value is -2.23. The average Bonchev–Trinajstić information content (AvgIpc) is 2.56. The van der Waals surface area contributed by atoms with Gasteiger partial charge in [-0.25, -0.2) is 8.42 Å². The number of allylic oxidation sites excluding steroid dienone is 1. The van der Waals surface area contributed by atoms with Crippen LogP contribution >= 0.6 is 0 Å². The lowest BCUT2D eigenvalue weighted by atomic mass is 9.91. The van der Waals surface area contributed by atoms with Crippen LogP contribution in [0.1, 0.15) is 25.7 Å². The van der Waals surface area contributed by atoms with E-state index in [0.29, 0.717) is 29.8 Å². The second kappa shape index (κ2) is 8.20. The molecule has 0 saturated heterocycles. The smallest absolute Gasteiger partial charge is 0.397 e. The zero-order valence-corrected chi connectivity index (χ0v) is 15.6. The molecule has 27 heavy (non-hydrogen) atoms. The van der Waals surface area contributed by atoms with Crippen molar-refractivity contribution in [3.8, 4) is 0 Å². The monoisotopic (exact) mass is 405 g/mol. The SMILES string of the molecule is CS(=O)(=O)N(c1ccccc1N)C1CCCC=C1CCNC(=O)C(F)(F)F. The largest absolute Gasteiger partial charge is 0.471 e. The van der Waals surface area contributed by atoms with Crippen molar-refractivity contribution in [3.05, 3.63) is 35.9 Å². The highest BCUT2D eigenvalue weighted by Gasteiger charge is 2.38. The molecular weight excluding hydrogens is 383 g/mol. The molecule has 1 aliphatic rings. The molecule has 2 rings (SSSR count). The lowest BCUT2D eigenvalue weighted by molar-refractivity contribution is -0.173. The second-order valence-electron chi connectivity index (χ2n) is 6.35. The molecule has 0 radical (unpaired) electrons. The first-order chi connectivity index (χ1) is 12.5. The van der Waals surface area contributed by atoms with Gasteiger partial charge in [0, 0.05) is 6.54 Å². The Morgan fingerprint density at radius 1 is 1.33 bits per heavy atom. The molecule has 1 unspecified atom stereocenters. The fourth-order valence-electron chi connectivity index (χ4n) is 3.14. The molecular formula is C17H22F3N3O3S. The van der Waals surface area contributed by atoms with Crippen molar-refractivity contribution in [3.63, 3.8) is 0 Å². The van der Waals surface area contributed by atoms with Crippen LogP contribution in [-0.4, -0.2) is 39.3 Å². The number of hydrogen-bond donors (Lipinski definition) is 2. The fraction of sp³-hybridized carbons (Fsp3) is 0.471. The van der Waals surface area contributed by atoms with Crippen LogP contribution in [0.5, 0.6) is 0 Å². The van der Waals surface area contributed by atoms with E-state index in [0.717, 1.165) is 12.7 Å². The lowest BCUT2D eigenvalue weighted by Crippen LogP contribution is -2.43. The van der Waals surface area contributed by atoms with Gasteiger partial charge in [0.15, 0.2) is 0 Å². The molecule has 0 bridgehead atoms. The van der Waals surface area contributed by atoms with Crippen molar-refractivity contribution in [1.29, 1.82) is 0 Å². The predicted molar refractivity (Wildman–Crippen MR) is 97.6 cm³/mol. The molecule has 0 fully saturated rings. The molecule has 0 spiro atoms. The lowest BCUT2D eigenvalue weighted by Gasteiger charge is -2.36. The number of carbonyl (C=O) groups excluding carboxylic acids is 1. The summed E-state index contributed by atoms with van der Waals surface area (Å²) in [6, 6.07) is 5.97. The van der Waals surface area contributed by atoms with Crippen molar-refractivity contribution < 1.29 is 26.4 Å². The van der Waals surface area contributed by atoms with Gasteiger partial charge in [0.25, 0.3) is 0 Å². The van der Waals surface area contributed by atoms with Crippen LogP contribution in [0.3, 0.4) is 0 Å². The van der Waals surface area contributed by atoms with E-state index >= 15 is 0 Å². The number of nitrogens with one attached hydrogen (secondary N) is 1. The predicted octanol–water partition coefficient (Wildman–Crippen LogP) is 2.58. The number of carbonyl (C=O) groups is 1. The summed E-state index contributed by atoms with van der Waals surface area (Å²) in [4.78, 5) is 11.0. The molecule has 0 heterocycles. The van der Waals surface area contributed by atoms with Crippen LogP contribution in [-0.2, 0) is 14.8 Å². The summed E-state index contributed by atoms with van der Waals surface area (Å²) >= 11 is 0. The molecule has 10 heteroatoms. The van der Waals surface area contributed by atoms with E-state index in [-0.39, 0.29) is 13.0 Å². The third-order valence-electron chi connectivity index (χ3n) is 4.29. The van der Waals surface area contributed by atoms with Crippen LogP contribution in [0.4, 0.5) is 24.5 Å². The van der Waals surface area contributed by atoms with E-state index in [9.17, 15) is 26.4 Å². The van der Waals surface area contributed by atoms with Gasteiger partial charge in [-0.1, -0.05) is 18.2 Å². The van der Waals surface area contributed by atoms with Gasteiger partial charge in [0.1, 0.15) is 0 Å². The van der Waals surface area contributed by atoms with Gasteiger partial charge < -0.3 is 11.1 Å². The zero-order chi connectivity index (χ0) is 20.2. The van der Waals surface area contributed by atoms with Crippen LogP contribution in [0.2, 0.25) is 0 Å². The Morgan fingerprint density at radius 2 is 2.00 bits per heavy atom. The number of nitrogen functional groups attached to an aromatic ring is 1. The molecule has 6 nitrogen and oxygen atoms in total. The summed E-state index contributed by atoms with van der Waals surface area (Å²) in [6.07, 6.45) is 0.00834. The summed E-state index contributed by atoms with van der Waals surface area (Å²) < 4.78 is 63.1. The van der Waals surface area contributed by atoms with Crippen molar-refractivity contribution >= 4 is 27.3 Å². The van der Waals surface area contributed by atoms with E-state index in [1.54, 1.807) is 24.3 Å². The highest BCUT2D eigenvalue weighted by atomic mass is 32.2. The van der Waals surface area contributed by atoms with Gasteiger partial charge in [-0.15, -0.1) is 0 Å². The minimum atomic E-state index is -4.95. The quantitative estimate of drug-likeness (QED) is 0.562. The number of anilines is 2. The number of sulfonamides is 1. The summed E-state index contributed by atoms with van der Waals surface area (Å²) in [5.41, 5.74) is 7.24. The minimum Gasteiger partial charge on any atom is -0.397 e. The highest BCUT2D eigenvalue weighted by molar-refractivity contribution is 7.92. The summed E-state index contributed by atoms with van der Waals surface area (Å²) in [5.74, 6) is -2.01. The Morgan fingerprint density at radius 3 is 2.59 bits per heavy atom. The van der Waals surface area contributed by atoms with Crippen LogP contribution in [0.25, 0.3) is 0 Å². The molecule has 0 aromatic heterocycles. The van der Waals surface area contributed by atoms with E-state index in [2.05, 4.69) is 0 Å². The van der Waals surface area contributed by atoms with Gasteiger partial charge in [-0.3, -0.25) is 9.10 Å². The number of amides is 1. The molecule has 0 aliphatic heterocycles. The Bertz CT molecular complexity index is 822. The molecule has 1 atom stereocenters. The molecule has 1 aliphatic carbocycles. The van der Waals surface area contributed by atoms with E-state index in [4.69, 9.17) is 5.73 Å². The van der Waals surface area contributed by atoms with Crippen molar-refractivity contribution in [2.75, 3.05) is 22.8 Å². The molecule has 1 aromatic rings. The standard InChI is InChI=1S/C17H22F3N3O3S/c1-27(25,26)23(15-9-5-3-7-13(15)21)14-8-4-2-6-12(14)10-11-22-16(24)17(18,19)20/h3,5-7,9,14H,2,4,8,10-11,21H2,1H3,(H,22,24). The molecule has 1 amide bonds. The number of benzene rings is 1. The third-order valence-corrected chi connectivity index (χ3v) is 5.45. The normalized spacial score (nSPS) is 17.9. The molecule has 150 valence electrons. The van der Waals surface area contributed by atoms with Gasteiger partial charge in [0.2, 0.25) is 10.0 Å². The topological polar surface area (TPSA) is 92.5 Å². The van der Waals surface area contributed by atoms with E-state index in [1.807, 2.05) is 11.4 Å². The van der Waals surface area contributed by atoms with E-state index < -0.39 is 28.1 Å². The molecule has 1 aromatic carbocycles. The number of alkyl halides is 3. The first-order valence-corrected chi connectivity index (χ1v) is 10.2. The summed E-state index contributed by atoms with van der Waals surface area (Å²) in [7, 11) is -3.69. The third kappa shape index (κ3) is 5.38. The van der Waals surface area contributed by atoms with Crippen LogP contribution in [0.15, 0.2) is 35.9 Å². The summed E-state index contributed by atoms with van der Waals surface area (Å²) in [5, 5.41) is 1.82. The highest BCUT2D eigenvalue weighted by Crippen LogP contribution is 2.34. The Labute approximate surface area is 156 Å². The van der Waals surface area contributed by atoms with Gasteiger partial charge >= 0.3 is 12.1 Å². The first kappa shape index (κ1) is 21.1. The number of rotatable bonds is 6. The van der Waals surface area contributed by atoms with Crippen molar-refractivity contribution in [2.45, 2.75) is 37.9 Å². The number of nitrogens with two attached hydrogens (primary N) is 1. The first-order valence-electron chi connectivity index (χ1n) is 8.39. The number of halogens is 3. The molecule has 0 saturated carbocycles. The van der Waals surface area contributed by atoms with Crippen molar-refractivity contribution in [2.24, 2.45) is 0 Å². The maximum absolute atomic E-state index is 12.5. The average molecular weight is 405 g/mol. The number of para-hydroxylation sites is 2. The zero-order valence-electron chi connectivity index (χ0n) is 14.8. The van der Waals surface area contributed by atoms with Crippen LogP contribution < -0.4 is 15.4 Å². The van der Waals surface area contributed by atoms with Gasteiger partial charge in [0.05, 0.1) is 23.7 Å². The second-order valence-corrected chi connectivity index (χ2v) is 8.21. The van der Waals surface area contributed by atoms with Crippen molar-refractivity contribution in [1.82, 2.24) is 5.32 Å².